The molecule has 0 aliphatic carbocycles. The number of rotatable bonds is 8. The molecule has 0 saturated carbocycles. The maximum absolute atomic E-state index is 11.6. The summed E-state index contributed by atoms with van der Waals surface area (Å²) in [5.41, 5.74) is 0. The van der Waals surface area contributed by atoms with Crippen LogP contribution >= 0.6 is 11.6 Å². The summed E-state index contributed by atoms with van der Waals surface area (Å²) in [6.45, 7) is 2.63. The van der Waals surface area contributed by atoms with Gasteiger partial charge in [-0.2, -0.15) is 0 Å². The Morgan fingerprint density at radius 2 is 2.33 bits per heavy atom. The first-order valence-electron chi connectivity index (χ1n) is 5.59. The highest BCUT2D eigenvalue weighted by Gasteiger charge is 2.15. The molecule has 0 spiro atoms. The van der Waals surface area contributed by atoms with Crippen LogP contribution in [-0.2, 0) is 16.0 Å². The fourth-order valence-corrected chi connectivity index (χ4v) is 1.34. The summed E-state index contributed by atoms with van der Waals surface area (Å²) in [6, 6.07) is -0.254. The smallest absolute Gasteiger partial charge is 0.316 e. The molecule has 7 nitrogen and oxygen atoms in total. The second-order valence-electron chi connectivity index (χ2n) is 3.59. The number of anilines is 1. The van der Waals surface area contributed by atoms with E-state index in [-0.39, 0.29) is 11.9 Å². The SMILES string of the molecule is COCCNC(=O)C(C)Nc1nnc(CCCl)o1. The molecule has 1 rings (SSSR count). The fraction of sp³-hybridized carbons (Fsp3) is 0.700. The van der Waals surface area contributed by atoms with Crippen LogP contribution in [0.5, 0.6) is 0 Å². The van der Waals surface area contributed by atoms with Gasteiger partial charge in [0.05, 0.1) is 6.61 Å². The lowest BCUT2D eigenvalue weighted by molar-refractivity contribution is -0.121. The highest BCUT2D eigenvalue weighted by Crippen LogP contribution is 2.07. The highest BCUT2D eigenvalue weighted by atomic mass is 35.5. The Kier molecular flexibility index (Phi) is 6.45. The monoisotopic (exact) mass is 276 g/mol. The van der Waals surface area contributed by atoms with Crippen LogP contribution in [-0.4, -0.2) is 48.3 Å². The number of aryl methyl sites for hydroxylation is 1. The largest absolute Gasteiger partial charge is 0.408 e. The molecule has 0 saturated heterocycles. The van der Waals surface area contributed by atoms with E-state index in [1.165, 1.54) is 0 Å². The topological polar surface area (TPSA) is 89.3 Å². The number of carbonyl (C=O) groups excluding carboxylic acids is 1. The first-order valence-corrected chi connectivity index (χ1v) is 6.12. The van der Waals surface area contributed by atoms with Gasteiger partial charge >= 0.3 is 6.01 Å². The highest BCUT2D eigenvalue weighted by molar-refractivity contribution is 6.17. The molecule has 1 amide bonds. The molecule has 2 N–H and O–H groups in total. The minimum Gasteiger partial charge on any atom is -0.408 e. The van der Waals surface area contributed by atoms with Crippen molar-refractivity contribution in [3.05, 3.63) is 5.89 Å². The molecule has 0 aliphatic rings. The van der Waals surface area contributed by atoms with Crippen LogP contribution in [0.2, 0.25) is 0 Å². The van der Waals surface area contributed by atoms with Crippen LogP contribution in [0.1, 0.15) is 12.8 Å². The van der Waals surface area contributed by atoms with E-state index in [0.717, 1.165) is 0 Å². The van der Waals surface area contributed by atoms with E-state index in [1.807, 2.05) is 0 Å². The summed E-state index contributed by atoms with van der Waals surface area (Å²) in [4.78, 5) is 11.6. The molecule has 102 valence electrons. The Balaban J connectivity index is 2.37. The van der Waals surface area contributed by atoms with Crippen molar-refractivity contribution in [2.45, 2.75) is 19.4 Å². The van der Waals surface area contributed by atoms with E-state index in [2.05, 4.69) is 20.8 Å². The molecule has 1 aromatic heterocycles. The molecule has 1 aromatic rings. The van der Waals surface area contributed by atoms with Crippen molar-refractivity contribution in [1.29, 1.82) is 0 Å². The van der Waals surface area contributed by atoms with Crippen LogP contribution in [0.15, 0.2) is 4.42 Å². The van der Waals surface area contributed by atoms with E-state index in [4.69, 9.17) is 20.8 Å². The number of amides is 1. The minimum absolute atomic E-state index is 0.163. The maximum atomic E-state index is 11.6. The predicted octanol–water partition coefficient (Wildman–Crippen LogP) is 0.414. The Hall–Kier alpha value is -1.34. The van der Waals surface area contributed by atoms with Crippen LogP contribution in [0.4, 0.5) is 6.01 Å². The van der Waals surface area contributed by atoms with Crippen molar-refractivity contribution in [2.75, 3.05) is 31.5 Å². The Bertz CT molecular complexity index is 372. The van der Waals surface area contributed by atoms with Crippen molar-refractivity contribution < 1.29 is 13.9 Å². The fourth-order valence-electron chi connectivity index (χ4n) is 1.17. The quantitative estimate of drug-likeness (QED) is 0.528. The maximum Gasteiger partial charge on any atom is 0.316 e. The second kappa shape index (κ2) is 7.88. The van der Waals surface area contributed by atoms with E-state index >= 15 is 0 Å². The number of hydrogen-bond acceptors (Lipinski definition) is 6. The minimum atomic E-state index is -0.467. The number of carbonyl (C=O) groups is 1. The van der Waals surface area contributed by atoms with Crippen molar-refractivity contribution in [2.24, 2.45) is 0 Å². The normalized spacial score (nSPS) is 12.2. The lowest BCUT2D eigenvalue weighted by Gasteiger charge is -2.11. The van der Waals surface area contributed by atoms with Gasteiger partial charge in [0, 0.05) is 26.0 Å². The molecule has 1 heterocycles. The lowest BCUT2D eigenvalue weighted by Crippen LogP contribution is -2.39. The van der Waals surface area contributed by atoms with Crippen LogP contribution in [0.25, 0.3) is 0 Å². The second-order valence-corrected chi connectivity index (χ2v) is 3.97. The number of nitrogens with one attached hydrogen (secondary N) is 2. The summed E-state index contributed by atoms with van der Waals surface area (Å²) in [6.07, 6.45) is 0.505. The summed E-state index contributed by atoms with van der Waals surface area (Å²) in [7, 11) is 1.57. The zero-order valence-corrected chi connectivity index (χ0v) is 11.2. The first-order chi connectivity index (χ1) is 8.67. The zero-order chi connectivity index (χ0) is 13.4. The van der Waals surface area contributed by atoms with Gasteiger partial charge in [-0.15, -0.1) is 16.7 Å². The van der Waals surface area contributed by atoms with Crippen molar-refractivity contribution >= 4 is 23.5 Å². The molecular weight excluding hydrogens is 260 g/mol. The average Bonchev–Trinajstić information content (AvgIpc) is 2.77. The summed E-state index contributed by atoms with van der Waals surface area (Å²) in [5.74, 6) is 0.693. The predicted molar refractivity (Wildman–Crippen MR) is 66.7 cm³/mol. The molecule has 0 fully saturated rings. The lowest BCUT2D eigenvalue weighted by atomic mass is 10.3. The number of nitrogens with zero attached hydrogens (tertiary/aromatic N) is 2. The van der Waals surface area contributed by atoms with Gasteiger partial charge < -0.3 is 19.8 Å². The third kappa shape index (κ3) is 4.89. The Labute approximate surface area is 110 Å². The third-order valence-corrected chi connectivity index (χ3v) is 2.30. The molecule has 1 unspecified atom stereocenters. The van der Waals surface area contributed by atoms with E-state index < -0.39 is 6.04 Å². The van der Waals surface area contributed by atoms with Gasteiger partial charge in [0.2, 0.25) is 11.8 Å². The van der Waals surface area contributed by atoms with Gasteiger partial charge in [-0.3, -0.25) is 4.79 Å². The van der Waals surface area contributed by atoms with Gasteiger partial charge in [-0.1, -0.05) is 5.10 Å². The number of hydrogen-bond donors (Lipinski definition) is 2. The molecule has 0 radical (unpaired) electrons. The molecule has 0 bridgehead atoms. The number of alkyl halides is 1. The summed E-state index contributed by atoms with van der Waals surface area (Å²) >= 11 is 5.55. The van der Waals surface area contributed by atoms with Crippen LogP contribution in [0.3, 0.4) is 0 Å². The number of methoxy groups -OCH3 is 1. The first kappa shape index (κ1) is 14.7. The van der Waals surface area contributed by atoms with Crippen molar-refractivity contribution in [1.82, 2.24) is 15.5 Å². The van der Waals surface area contributed by atoms with E-state index in [0.29, 0.717) is 31.3 Å². The summed E-state index contributed by atoms with van der Waals surface area (Å²) in [5, 5.41) is 13.1. The van der Waals surface area contributed by atoms with Gasteiger partial charge in [-0.05, 0) is 6.92 Å². The molecule has 18 heavy (non-hydrogen) atoms. The van der Waals surface area contributed by atoms with Gasteiger partial charge in [0.15, 0.2) is 0 Å². The van der Waals surface area contributed by atoms with Crippen LogP contribution in [0, 0.1) is 0 Å². The molecule has 1 atom stereocenters. The van der Waals surface area contributed by atoms with Gasteiger partial charge in [0.25, 0.3) is 0 Å². The van der Waals surface area contributed by atoms with Gasteiger partial charge in [-0.25, -0.2) is 0 Å². The number of aromatic nitrogens is 2. The average molecular weight is 277 g/mol. The van der Waals surface area contributed by atoms with Gasteiger partial charge in [0.1, 0.15) is 6.04 Å². The Morgan fingerprint density at radius 3 is 3.00 bits per heavy atom. The number of halogens is 1. The Morgan fingerprint density at radius 1 is 1.56 bits per heavy atom. The van der Waals surface area contributed by atoms with E-state index in [9.17, 15) is 4.79 Å². The zero-order valence-electron chi connectivity index (χ0n) is 10.4. The molecule has 0 aromatic carbocycles. The van der Waals surface area contributed by atoms with Crippen molar-refractivity contribution in [3.8, 4) is 0 Å². The third-order valence-electron chi connectivity index (χ3n) is 2.11. The summed E-state index contributed by atoms with van der Waals surface area (Å²) < 4.78 is 10.1. The van der Waals surface area contributed by atoms with E-state index in [1.54, 1.807) is 14.0 Å². The molecular formula is C10H17ClN4O3. The molecule has 8 heteroatoms. The van der Waals surface area contributed by atoms with Crippen LogP contribution < -0.4 is 10.6 Å². The molecule has 0 aliphatic heterocycles. The standard InChI is InChI=1S/C10H17ClN4O3/c1-7(9(16)12-5-6-17-2)13-10-15-14-8(18-10)3-4-11/h7H,3-6H2,1-2H3,(H,12,16)(H,13,15). The van der Waals surface area contributed by atoms with Crippen molar-refractivity contribution in [3.63, 3.8) is 0 Å². The number of ether oxygens (including phenoxy) is 1.